The number of H-pyrrole nitrogens is 1. The first-order valence-corrected chi connectivity index (χ1v) is 7.11. The molecule has 0 saturated carbocycles. The Labute approximate surface area is 131 Å². The minimum Gasteiger partial charge on any atom is -0.394 e. The summed E-state index contributed by atoms with van der Waals surface area (Å²) in [6.07, 6.45) is 1.31. The summed E-state index contributed by atoms with van der Waals surface area (Å²) in [5, 5.41) is 19.0. The summed E-state index contributed by atoms with van der Waals surface area (Å²) in [5.41, 5.74) is 0.186. The minimum atomic E-state index is -0.782. The van der Waals surface area contributed by atoms with Gasteiger partial charge in [0.05, 0.1) is 25.4 Å². The molecule has 0 radical (unpaired) electrons. The number of ether oxygens (including phenoxy) is 1. The van der Waals surface area contributed by atoms with Crippen molar-refractivity contribution in [2.45, 2.75) is 24.9 Å². The van der Waals surface area contributed by atoms with Crippen LogP contribution in [0.1, 0.15) is 12.6 Å². The third kappa shape index (κ3) is 2.96. The Kier molecular flexibility index (Phi) is 4.11. The van der Waals surface area contributed by atoms with Gasteiger partial charge in [0.15, 0.2) is 17.0 Å². The predicted molar refractivity (Wildman–Crippen MR) is 81.6 cm³/mol. The molecule has 3 atom stereocenters. The lowest BCUT2D eigenvalue weighted by molar-refractivity contribution is -0.0432. The van der Waals surface area contributed by atoms with E-state index in [1.165, 1.54) is 6.33 Å². The third-order valence-electron chi connectivity index (χ3n) is 3.54. The zero-order valence-corrected chi connectivity index (χ0v) is 12.7. The topological polar surface area (TPSA) is 129 Å². The molecule has 0 bridgehead atoms. The quantitative estimate of drug-likeness (QED) is 0.485. The molecule has 124 valence electrons. The summed E-state index contributed by atoms with van der Waals surface area (Å²) in [6.45, 7) is -0.281. The number of nitrogens with zero attached hydrogens (tertiary/aromatic N) is 5. The smallest absolute Gasteiger partial charge is 0.348 e. The van der Waals surface area contributed by atoms with E-state index in [-0.39, 0.29) is 13.0 Å². The second kappa shape index (κ2) is 6.07. The number of aliphatic imine (C=N–C) groups is 1. The van der Waals surface area contributed by atoms with Crippen molar-refractivity contribution in [3.63, 3.8) is 0 Å². The lowest BCUT2D eigenvalue weighted by Crippen LogP contribution is -2.24. The van der Waals surface area contributed by atoms with Gasteiger partial charge in [-0.1, -0.05) is 0 Å². The SMILES string of the molecule is CN(C)/C=N\c1[nH]c(=O)nc2c1ncn2[C@H]1CC(O)[C@@H](CO)O1. The summed E-state index contributed by atoms with van der Waals surface area (Å²) in [5.74, 6) is 0.296. The van der Waals surface area contributed by atoms with E-state index in [1.54, 1.807) is 29.9 Å². The zero-order chi connectivity index (χ0) is 16.6. The Bertz CT molecular complexity index is 782. The normalized spacial score (nSPS) is 24.8. The Morgan fingerprint density at radius 1 is 1.61 bits per heavy atom. The number of fused-ring (bicyclic) bond motifs is 1. The fraction of sp³-hybridized carbons (Fsp3) is 0.538. The van der Waals surface area contributed by atoms with Gasteiger partial charge in [-0.05, 0) is 0 Å². The molecule has 1 aliphatic heterocycles. The molecule has 3 N–H and O–H groups in total. The predicted octanol–water partition coefficient (Wildman–Crippen LogP) is -1.02. The summed E-state index contributed by atoms with van der Waals surface area (Å²) in [7, 11) is 3.61. The third-order valence-corrected chi connectivity index (χ3v) is 3.54. The summed E-state index contributed by atoms with van der Waals surface area (Å²) < 4.78 is 7.14. The summed E-state index contributed by atoms with van der Waals surface area (Å²) >= 11 is 0. The maximum atomic E-state index is 11.8. The molecule has 2 aromatic heterocycles. The Hall–Kier alpha value is -2.30. The molecule has 3 heterocycles. The van der Waals surface area contributed by atoms with Gasteiger partial charge >= 0.3 is 5.69 Å². The molecular weight excluding hydrogens is 304 g/mol. The fourth-order valence-electron chi connectivity index (χ4n) is 2.44. The van der Waals surface area contributed by atoms with Crippen molar-refractivity contribution in [2.75, 3.05) is 20.7 Å². The Morgan fingerprint density at radius 3 is 3.04 bits per heavy atom. The average Bonchev–Trinajstić information content (AvgIpc) is 3.07. The van der Waals surface area contributed by atoms with Gasteiger partial charge < -0.3 is 19.8 Å². The first-order chi connectivity index (χ1) is 11.0. The van der Waals surface area contributed by atoms with Crippen LogP contribution in [0.3, 0.4) is 0 Å². The van der Waals surface area contributed by atoms with E-state index in [2.05, 4.69) is 19.9 Å². The van der Waals surface area contributed by atoms with Gasteiger partial charge in [-0.2, -0.15) is 4.98 Å². The van der Waals surface area contributed by atoms with Crippen molar-refractivity contribution >= 4 is 23.3 Å². The highest BCUT2D eigenvalue weighted by atomic mass is 16.5. The fourth-order valence-corrected chi connectivity index (χ4v) is 2.44. The van der Waals surface area contributed by atoms with Crippen molar-refractivity contribution in [3.8, 4) is 0 Å². The minimum absolute atomic E-state index is 0.279. The van der Waals surface area contributed by atoms with Crippen LogP contribution in [0.15, 0.2) is 16.1 Å². The molecule has 0 aliphatic carbocycles. The second-order valence-electron chi connectivity index (χ2n) is 5.54. The maximum Gasteiger partial charge on any atom is 0.348 e. The number of hydrogen-bond donors (Lipinski definition) is 3. The van der Waals surface area contributed by atoms with E-state index in [0.717, 1.165) is 0 Å². The van der Waals surface area contributed by atoms with Gasteiger partial charge in [-0.25, -0.2) is 14.8 Å². The zero-order valence-electron chi connectivity index (χ0n) is 12.7. The molecule has 3 rings (SSSR count). The van der Waals surface area contributed by atoms with Gasteiger partial charge in [-0.15, -0.1) is 0 Å². The van der Waals surface area contributed by atoms with Crippen molar-refractivity contribution in [2.24, 2.45) is 4.99 Å². The van der Waals surface area contributed by atoms with Crippen LogP contribution in [-0.2, 0) is 4.74 Å². The lowest BCUT2D eigenvalue weighted by Gasteiger charge is -2.13. The molecule has 23 heavy (non-hydrogen) atoms. The molecule has 1 fully saturated rings. The molecule has 1 unspecified atom stereocenters. The number of aromatic nitrogens is 4. The van der Waals surface area contributed by atoms with Gasteiger partial charge in [0, 0.05) is 20.5 Å². The van der Waals surface area contributed by atoms with Gasteiger partial charge in [-0.3, -0.25) is 9.55 Å². The number of aliphatic hydroxyl groups excluding tert-OH is 2. The number of aromatic amines is 1. The van der Waals surface area contributed by atoms with E-state index in [0.29, 0.717) is 17.0 Å². The van der Waals surface area contributed by atoms with Crippen LogP contribution in [0.25, 0.3) is 11.2 Å². The molecule has 0 aromatic carbocycles. The first kappa shape index (κ1) is 15.6. The largest absolute Gasteiger partial charge is 0.394 e. The van der Waals surface area contributed by atoms with Crippen LogP contribution in [0.5, 0.6) is 0 Å². The number of nitrogens with one attached hydrogen (secondary N) is 1. The Balaban J connectivity index is 2.03. The molecule has 10 nitrogen and oxygen atoms in total. The van der Waals surface area contributed by atoms with Crippen molar-refractivity contribution < 1.29 is 14.9 Å². The van der Waals surface area contributed by atoms with Gasteiger partial charge in [0.25, 0.3) is 0 Å². The second-order valence-corrected chi connectivity index (χ2v) is 5.54. The van der Waals surface area contributed by atoms with Crippen LogP contribution in [0, 0.1) is 0 Å². The average molecular weight is 322 g/mol. The molecular formula is C13H18N6O4. The van der Waals surface area contributed by atoms with E-state index in [4.69, 9.17) is 4.74 Å². The van der Waals surface area contributed by atoms with Crippen molar-refractivity contribution in [1.82, 2.24) is 24.4 Å². The standard InChI is InChI=1S/C13H18N6O4/c1-18(2)5-15-11-10-12(17-13(22)16-11)19(6-14-10)9-3-7(21)8(4-20)23-9/h5-9,20-21H,3-4H2,1-2H3,(H,16,17,22)/b15-5-/t7?,8-,9-/m1/s1. The molecule has 10 heteroatoms. The first-order valence-electron chi connectivity index (χ1n) is 7.11. The highest BCUT2D eigenvalue weighted by molar-refractivity contribution is 5.82. The lowest BCUT2D eigenvalue weighted by atomic mass is 10.2. The maximum absolute atomic E-state index is 11.8. The van der Waals surface area contributed by atoms with Crippen LogP contribution in [-0.4, -0.2) is 73.9 Å². The number of aliphatic hydroxyl groups is 2. The number of hydrogen-bond acceptors (Lipinski definition) is 7. The Morgan fingerprint density at radius 2 is 2.39 bits per heavy atom. The molecule has 0 spiro atoms. The van der Waals surface area contributed by atoms with Crippen LogP contribution in [0.4, 0.5) is 5.82 Å². The molecule has 1 saturated heterocycles. The van der Waals surface area contributed by atoms with E-state index in [1.807, 2.05) is 0 Å². The van der Waals surface area contributed by atoms with E-state index in [9.17, 15) is 15.0 Å². The van der Waals surface area contributed by atoms with Gasteiger partial charge in [0.2, 0.25) is 0 Å². The van der Waals surface area contributed by atoms with E-state index >= 15 is 0 Å². The van der Waals surface area contributed by atoms with Crippen LogP contribution in [0.2, 0.25) is 0 Å². The number of imidazole rings is 1. The van der Waals surface area contributed by atoms with E-state index < -0.39 is 24.1 Å². The highest BCUT2D eigenvalue weighted by Gasteiger charge is 2.35. The molecule has 0 amide bonds. The van der Waals surface area contributed by atoms with Crippen molar-refractivity contribution in [3.05, 3.63) is 16.8 Å². The van der Waals surface area contributed by atoms with Crippen LogP contribution >= 0.6 is 0 Å². The summed E-state index contributed by atoms with van der Waals surface area (Å²) in [4.78, 5) is 28.4. The van der Waals surface area contributed by atoms with Crippen LogP contribution < -0.4 is 5.69 Å². The monoisotopic (exact) mass is 322 g/mol. The summed E-state index contributed by atoms with van der Waals surface area (Å²) in [6, 6.07) is 0. The highest BCUT2D eigenvalue weighted by Crippen LogP contribution is 2.31. The van der Waals surface area contributed by atoms with Gasteiger partial charge in [0.1, 0.15) is 12.3 Å². The van der Waals surface area contributed by atoms with Crippen molar-refractivity contribution in [1.29, 1.82) is 0 Å². The molecule has 1 aliphatic rings. The number of rotatable bonds is 4. The molecule has 2 aromatic rings.